The fourth-order valence-electron chi connectivity index (χ4n) is 3.21. The molecule has 168 valence electrons. The van der Waals surface area contributed by atoms with Gasteiger partial charge in [0.05, 0.1) is 7.11 Å². The molecule has 0 aliphatic rings. The molecule has 0 saturated heterocycles. The van der Waals surface area contributed by atoms with E-state index in [-0.39, 0.29) is 24.5 Å². The van der Waals surface area contributed by atoms with Crippen LogP contribution in [0.1, 0.15) is 44.7 Å². The van der Waals surface area contributed by atoms with Crippen molar-refractivity contribution in [1.29, 1.82) is 0 Å². The summed E-state index contributed by atoms with van der Waals surface area (Å²) in [4.78, 5) is 27.8. The van der Waals surface area contributed by atoms with Crippen molar-refractivity contribution in [3.8, 4) is 11.5 Å². The van der Waals surface area contributed by atoms with E-state index in [2.05, 4.69) is 5.32 Å². The maximum Gasteiger partial charge on any atom is 0.261 e. The first-order valence-corrected chi connectivity index (χ1v) is 10.8. The summed E-state index contributed by atoms with van der Waals surface area (Å²) in [5.74, 6) is 0.653. The zero-order valence-corrected chi connectivity index (χ0v) is 19.2. The Morgan fingerprint density at radius 2 is 1.65 bits per heavy atom. The van der Waals surface area contributed by atoms with Gasteiger partial charge in [-0.25, -0.2) is 0 Å². The zero-order chi connectivity index (χ0) is 22.8. The fourth-order valence-corrected chi connectivity index (χ4v) is 3.21. The van der Waals surface area contributed by atoms with Crippen molar-refractivity contribution in [3.05, 3.63) is 59.7 Å². The Morgan fingerprint density at radius 3 is 2.23 bits per heavy atom. The molecule has 0 heterocycles. The summed E-state index contributed by atoms with van der Waals surface area (Å²) < 4.78 is 11.1. The topological polar surface area (TPSA) is 67.9 Å². The number of ether oxygens (including phenoxy) is 2. The lowest BCUT2D eigenvalue weighted by Crippen LogP contribution is -2.51. The largest absolute Gasteiger partial charge is 0.493 e. The van der Waals surface area contributed by atoms with Gasteiger partial charge in [0.1, 0.15) is 6.04 Å². The number of aryl methyl sites for hydroxylation is 1. The van der Waals surface area contributed by atoms with Crippen molar-refractivity contribution < 1.29 is 19.1 Å². The molecular formula is C25H34N2O4. The Morgan fingerprint density at radius 1 is 1.00 bits per heavy atom. The van der Waals surface area contributed by atoms with E-state index in [0.717, 1.165) is 17.5 Å². The van der Waals surface area contributed by atoms with Crippen molar-refractivity contribution >= 4 is 11.8 Å². The third-order valence-corrected chi connectivity index (χ3v) is 5.28. The molecule has 2 atom stereocenters. The molecule has 0 saturated carbocycles. The molecule has 2 aromatic rings. The quantitative estimate of drug-likeness (QED) is 0.587. The van der Waals surface area contributed by atoms with Crippen LogP contribution >= 0.6 is 0 Å². The standard InChI is InChI=1S/C25H34N2O4/c1-6-19(4)26-25(29)21(7-2)27(16-20-14-12-18(3)13-15-20)24(28)17-31-23-11-9-8-10-22(23)30-5/h8-15,19,21H,6-7,16-17H2,1-5H3,(H,26,29)/t19-,21+/m0/s1. The van der Waals surface area contributed by atoms with Crippen LogP contribution in [0.4, 0.5) is 0 Å². The van der Waals surface area contributed by atoms with E-state index in [1.54, 1.807) is 24.1 Å². The molecular weight excluding hydrogens is 392 g/mol. The van der Waals surface area contributed by atoms with Crippen LogP contribution in [0.3, 0.4) is 0 Å². The number of carbonyl (C=O) groups is 2. The number of carbonyl (C=O) groups excluding carboxylic acids is 2. The van der Waals surface area contributed by atoms with Gasteiger partial charge in [0.25, 0.3) is 5.91 Å². The van der Waals surface area contributed by atoms with E-state index in [4.69, 9.17) is 9.47 Å². The van der Waals surface area contributed by atoms with Gasteiger partial charge in [-0.3, -0.25) is 9.59 Å². The number of hydrogen-bond acceptors (Lipinski definition) is 4. The Kier molecular flexibility index (Phi) is 9.38. The van der Waals surface area contributed by atoms with E-state index < -0.39 is 6.04 Å². The van der Waals surface area contributed by atoms with Crippen molar-refractivity contribution in [3.63, 3.8) is 0 Å². The minimum Gasteiger partial charge on any atom is -0.493 e. The summed E-state index contributed by atoms with van der Waals surface area (Å²) in [7, 11) is 1.56. The molecule has 2 rings (SSSR count). The van der Waals surface area contributed by atoms with Gasteiger partial charge in [-0.15, -0.1) is 0 Å². The average molecular weight is 427 g/mol. The number of benzene rings is 2. The van der Waals surface area contributed by atoms with Gasteiger partial charge in [-0.05, 0) is 44.4 Å². The lowest BCUT2D eigenvalue weighted by molar-refractivity contribution is -0.143. The predicted molar refractivity (Wildman–Crippen MR) is 122 cm³/mol. The SMILES string of the molecule is CC[C@H](C(=O)N[C@@H](C)CC)N(Cc1ccc(C)cc1)C(=O)COc1ccccc1OC. The minimum absolute atomic E-state index is 0.0442. The van der Waals surface area contributed by atoms with Gasteiger partial charge >= 0.3 is 0 Å². The molecule has 2 aromatic carbocycles. The van der Waals surface area contributed by atoms with E-state index in [9.17, 15) is 9.59 Å². The first kappa shape index (κ1) is 24.3. The van der Waals surface area contributed by atoms with Gasteiger partial charge in [-0.1, -0.05) is 55.8 Å². The number of para-hydroxylation sites is 2. The maximum atomic E-state index is 13.2. The number of methoxy groups -OCH3 is 1. The molecule has 0 spiro atoms. The third kappa shape index (κ3) is 7.02. The smallest absolute Gasteiger partial charge is 0.261 e. The minimum atomic E-state index is -0.580. The van der Waals surface area contributed by atoms with Crippen LogP contribution in [-0.2, 0) is 16.1 Å². The van der Waals surface area contributed by atoms with Crippen LogP contribution in [0.2, 0.25) is 0 Å². The van der Waals surface area contributed by atoms with Crippen molar-refractivity contribution in [2.45, 2.75) is 59.2 Å². The summed E-state index contributed by atoms with van der Waals surface area (Å²) in [6.07, 6.45) is 1.33. The van der Waals surface area contributed by atoms with Gasteiger partial charge in [0.2, 0.25) is 5.91 Å². The Bertz CT molecular complexity index is 851. The average Bonchev–Trinajstić information content (AvgIpc) is 2.78. The first-order chi connectivity index (χ1) is 14.9. The van der Waals surface area contributed by atoms with Crippen molar-refractivity contribution in [1.82, 2.24) is 10.2 Å². The van der Waals surface area contributed by atoms with Crippen LogP contribution in [-0.4, -0.2) is 42.5 Å². The summed E-state index contributed by atoms with van der Waals surface area (Å²) >= 11 is 0. The molecule has 0 aliphatic carbocycles. The molecule has 0 aromatic heterocycles. The number of nitrogens with one attached hydrogen (secondary N) is 1. The molecule has 0 aliphatic heterocycles. The molecule has 0 fully saturated rings. The second-order valence-electron chi connectivity index (χ2n) is 7.69. The van der Waals surface area contributed by atoms with Crippen LogP contribution in [0.5, 0.6) is 11.5 Å². The maximum absolute atomic E-state index is 13.2. The molecule has 6 nitrogen and oxygen atoms in total. The van der Waals surface area contributed by atoms with Crippen LogP contribution in [0, 0.1) is 6.92 Å². The van der Waals surface area contributed by atoms with Crippen LogP contribution in [0.25, 0.3) is 0 Å². The fraction of sp³-hybridized carbons (Fsp3) is 0.440. The highest BCUT2D eigenvalue weighted by molar-refractivity contribution is 5.88. The highest BCUT2D eigenvalue weighted by Crippen LogP contribution is 2.26. The molecule has 0 radical (unpaired) electrons. The number of amides is 2. The number of hydrogen-bond donors (Lipinski definition) is 1. The molecule has 31 heavy (non-hydrogen) atoms. The highest BCUT2D eigenvalue weighted by Gasteiger charge is 2.29. The summed E-state index contributed by atoms with van der Waals surface area (Å²) in [6.45, 7) is 8.06. The van der Waals surface area contributed by atoms with E-state index in [0.29, 0.717) is 24.5 Å². The van der Waals surface area contributed by atoms with E-state index >= 15 is 0 Å². The second-order valence-corrected chi connectivity index (χ2v) is 7.69. The first-order valence-electron chi connectivity index (χ1n) is 10.8. The highest BCUT2D eigenvalue weighted by atomic mass is 16.5. The van der Waals surface area contributed by atoms with Crippen LogP contribution < -0.4 is 14.8 Å². The summed E-state index contributed by atoms with van der Waals surface area (Å²) in [5.41, 5.74) is 2.11. The number of nitrogens with zero attached hydrogens (tertiary/aromatic N) is 1. The van der Waals surface area contributed by atoms with Gasteiger partial charge < -0.3 is 19.7 Å². The zero-order valence-electron chi connectivity index (χ0n) is 19.2. The Balaban J connectivity index is 2.23. The third-order valence-electron chi connectivity index (χ3n) is 5.28. The van der Waals surface area contributed by atoms with Gasteiger partial charge in [-0.2, -0.15) is 0 Å². The Labute approximate surface area is 185 Å². The van der Waals surface area contributed by atoms with Crippen molar-refractivity contribution in [2.24, 2.45) is 0 Å². The van der Waals surface area contributed by atoms with Gasteiger partial charge in [0, 0.05) is 12.6 Å². The van der Waals surface area contributed by atoms with Crippen molar-refractivity contribution in [2.75, 3.05) is 13.7 Å². The summed E-state index contributed by atoms with van der Waals surface area (Å²) in [6, 6.07) is 14.6. The lowest BCUT2D eigenvalue weighted by Gasteiger charge is -2.31. The predicted octanol–water partition coefficient (Wildman–Crippen LogP) is 4.10. The molecule has 0 bridgehead atoms. The monoisotopic (exact) mass is 426 g/mol. The Hall–Kier alpha value is -3.02. The molecule has 1 N–H and O–H groups in total. The van der Waals surface area contributed by atoms with E-state index in [1.165, 1.54) is 0 Å². The normalized spacial score (nSPS) is 12.5. The van der Waals surface area contributed by atoms with Crippen LogP contribution in [0.15, 0.2) is 48.5 Å². The van der Waals surface area contributed by atoms with E-state index in [1.807, 2.05) is 64.1 Å². The van der Waals surface area contributed by atoms with Gasteiger partial charge in [0.15, 0.2) is 18.1 Å². The second kappa shape index (κ2) is 12.0. The molecule has 2 amide bonds. The molecule has 0 unspecified atom stereocenters. The lowest BCUT2D eigenvalue weighted by atomic mass is 10.1. The summed E-state index contributed by atoms with van der Waals surface area (Å²) in [5, 5.41) is 3.01. The number of rotatable bonds is 11. The molecule has 6 heteroatoms.